The molecule has 0 saturated heterocycles. The Morgan fingerprint density at radius 1 is 1.21 bits per heavy atom. The van der Waals surface area contributed by atoms with E-state index in [2.05, 4.69) is 0 Å². The van der Waals surface area contributed by atoms with Crippen LogP contribution in [0.2, 0.25) is 0 Å². The summed E-state index contributed by atoms with van der Waals surface area (Å²) in [7, 11) is 0. The zero-order valence-electron chi connectivity index (χ0n) is 7.13. The molecule has 0 aromatic heterocycles. The quantitative estimate of drug-likeness (QED) is 0.657. The number of halogens is 2. The fourth-order valence-corrected chi connectivity index (χ4v) is 1.59. The summed E-state index contributed by atoms with van der Waals surface area (Å²) >= 11 is 5.35. The first-order chi connectivity index (χ1) is 6.68. The van der Waals surface area contributed by atoms with E-state index >= 15 is 0 Å². The Morgan fingerprint density at radius 3 is 2.64 bits per heavy atom. The van der Waals surface area contributed by atoms with Gasteiger partial charge in [-0.1, -0.05) is 24.3 Å². The summed E-state index contributed by atoms with van der Waals surface area (Å²) in [5.74, 6) is -0.451. The first kappa shape index (κ1) is 9.16. The van der Waals surface area contributed by atoms with E-state index in [0.717, 1.165) is 6.07 Å². The molecular formula is C11H6ClFO. The molecule has 1 nitrogen and oxygen atoms in total. The van der Waals surface area contributed by atoms with Gasteiger partial charge in [0.1, 0.15) is 5.82 Å². The molecule has 0 aliphatic rings. The van der Waals surface area contributed by atoms with Crippen LogP contribution < -0.4 is 0 Å². The molecule has 0 N–H and O–H groups in total. The number of carbonyl (C=O) groups excluding carboxylic acids is 1. The predicted molar refractivity (Wildman–Crippen MR) is 54.1 cm³/mol. The van der Waals surface area contributed by atoms with Crippen molar-refractivity contribution in [3.63, 3.8) is 0 Å². The van der Waals surface area contributed by atoms with Gasteiger partial charge in [-0.25, -0.2) is 4.39 Å². The molecule has 3 heteroatoms. The molecule has 2 aromatic carbocycles. The first-order valence-electron chi connectivity index (χ1n) is 4.06. The third kappa shape index (κ3) is 1.49. The lowest BCUT2D eigenvalue weighted by Crippen LogP contribution is -1.92. The van der Waals surface area contributed by atoms with Crippen LogP contribution >= 0.6 is 11.6 Å². The van der Waals surface area contributed by atoms with Crippen molar-refractivity contribution >= 4 is 27.6 Å². The average Bonchev–Trinajstić information content (AvgIpc) is 2.16. The van der Waals surface area contributed by atoms with Gasteiger partial charge in [-0.05, 0) is 34.5 Å². The maximum absolute atomic E-state index is 13.0. The molecule has 0 heterocycles. The van der Waals surface area contributed by atoms with E-state index < -0.39 is 11.1 Å². The summed E-state index contributed by atoms with van der Waals surface area (Å²) in [4.78, 5) is 11.0. The van der Waals surface area contributed by atoms with Gasteiger partial charge in [0.15, 0.2) is 0 Å². The van der Waals surface area contributed by atoms with Crippen molar-refractivity contribution in [2.45, 2.75) is 0 Å². The van der Waals surface area contributed by atoms with Gasteiger partial charge in [-0.2, -0.15) is 0 Å². The number of rotatable bonds is 1. The lowest BCUT2D eigenvalue weighted by molar-refractivity contribution is 0.108. The second-order valence-electron chi connectivity index (χ2n) is 2.95. The van der Waals surface area contributed by atoms with E-state index in [-0.39, 0.29) is 5.56 Å². The molecule has 14 heavy (non-hydrogen) atoms. The van der Waals surface area contributed by atoms with Gasteiger partial charge >= 0.3 is 0 Å². The van der Waals surface area contributed by atoms with Crippen LogP contribution in [0.3, 0.4) is 0 Å². The average molecular weight is 209 g/mol. The van der Waals surface area contributed by atoms with E-state index in [1.54, 1.807) is 24.3 Å². The number of benzene rings is 2. The highest BCUT2D eigenvalue weighted by Gasteiger charge is 2.08. The van der Waals surface area contributed by atoms with Crippen molar-refractivity contribution in [1.29, 1.82) is 0 Å². The zero-order valence-corrected chi connectivity index (χ0v) is 7.88. The Bertz CT molecular complexity index is 508. The van der Waals surface area contributed by atoms with Crippen LogP contribution in [0.4, 0.5) is 4.39 Å². The molecule has 0 bridgehead atoms. The van der Waals surface area contributed by atoms with Crippen molar-refractivity contribution in [2.75, 3.05) is 0 Å². The third-order valence-electron chi connectivity index (χ3n) is 2.04. The topological polar surface area (TPSA) is 17.1 Å². The zero-order chi connectivity index (χ0) is 10.1. The number of carbonyl (C=O) groups is 1. The van der Waals surface area contributed by atoms with Crippen LogP contribution in [0.15, 0.2) is 36.4 Å². The summed E-state index contributed by atoms with van der Waals surface area (Å²) in [6, 6.07) is 9.57. The Morgan fingerprint density at radius 2 is 1.93 bits per heavy atom. The van der Waals surface area contributed by atoms with E-state index in [1.807, 2.05) is 0 Å². The molecule has 0 atom stereocenters. The van der Waals surface area contributed by atoms with Gasteiger partial charge in [0.05, 0.1) is 0 Å². The molecule has 0 aliphatic heterocycles. The smallest absolute Gasteiger partial charge is 0.253 e. The minimum atomic E-state index is -0.638. The first-order valence-corrected chi connectivity index (χ1v) is 4.44. The molecule has 0 spiro atoms. The minimum absolute atomic E-state index is 0.210. The number of hydrogen-bond acceptors (Lipinski definition) is 1. The Kier molecular flexibility index (Phi) is 2.22. The van der Waals surface area contributed by atoms with Gasteiger partial charge in [0.25, 0.3) is 5.24 Å². The molecule has 2 rings (SSSR count). The van der Waals surface area contributed by atoms with Crippen LogP contribution in [-0.4, -0.2) is 5.24 Å². The van der Waals surface area contributed by atoms with Crippen LogP contribution in [0.1, 0.15) is 10.4 Å². The molecule has 0 radical (unpaired) electrons. The summed E-state index contributed by atoms with van der Waals surface area (Å²) in [6.07, 6.45) is 0. The lowest BCUT2D eigenvalue weighted by Gasteiger charge is -2.02. The van der Waals surface area contributed by atoms with Gasteiger partial charge in [0, 0.05) is 5.56 Å². The molecule has 0 fully saturated rings. The van der Waals surface area contributed by atoms with Crippen LogP contribution in [-0.2, 0) is 0 Å². The van der Waals surface area contributed by atoms with Crippen molar-refractivity contribution in [3.8, 4) is 0 Å². The molecule has 70 valence electrons. The third-order valence-corrected chi connectivity index (χ3v) is 2.24. The summed E-state index contributed by atoms with van der Waals surface area (Å²) in [6.45, 7) is 0. The fourth-order valence-electron chi connectivity index (χ4n) is 1.44. The van der Waals surface area contributed by atoms with E-state index in [1.165, 1.54) is 6.07 Å². The fraction of sp³-hybridized carbons (Fsp3) is 0. The van der Waals surface area contributed by atoms with Crippen LogP contribution in [0.25, 0.3) is 10.8 Å². The van der Waals surface area contributed by atoms with Crippen molar-refractivity contribution in [1.82, 2.24) is 0 Å². The SMILES string of the molecule is O=C(Cl)c1cc(F)cc2ccccc12. The van der Waals surface area contributed by atoms with Gasteiger partial charge in [-0.3, -0.25) is 4.79 Å². The van der Waals surface area contributed by atoms with Crippen LogP contribution in [0.5, 0.6) is 0 Å². The molecule has 0 aliphatic carbocycles. The van der Waals surface area contributed by atoms with E-state index in [0.29, 0.717) is 10.8 Å². The van der Waals surface area contributed by atoms with Crippen molar-refractivity contribution < 1.29 is 9.18 Å². The van der Waals surface area contributed by atoms with Gasteiger partial charge in [-0.15, -0.1) is 0 Å². The highest BCUT2D eigenvalue weighted by atomic mass is 35.5. The maximum Gasteiger partial charge on any atom is 0.253 e. The predicted octanol–water partition coefficient (Wildman–Crippen LogP) is 3.36. The Labute approximate surface area is 85.1 Å². The number of hydrogen-bond donors (Lipinski definition) is 0. The summed E-state index contributed by atoms with van der Waals surface area (Å²) < 4.78 is 13.0. The molecule has 0 unspecified atom stereocenters. The van der Waals surface area contributed by atoms with E-state index in [4.69, 9.17) is 11.6 Å². The van der Waals surface area contributed by atoms with Crippen molar-refractivity contribution in [2.24, 2.45) is 0 Å². The Balaban J connectivity index is 2.87. The van der Waals surface area contributed by atoms with E-state index in [9.17, 15) is 9.18 Å². The van der Waals surface area contributed by atoms with Crippen LogP contribution in [0, 0.1) is 5.82 Å². The molecular weight excluding hydrogens is 203 g/mol. The molecule has 0 amide bonds. The summed E-state index contributed by atoms with van der Waals surface area (Å²) in [5.41, 5.74) is 0.210. The minimum Gasteiger partial charge on any atom is -0.276 e. The highest BCUT2D eigenvalue weighted by Crippen LogP contribution is 2.21. The second-order valence-corrected chi connectivity index (χ2v) is 3.29. The normalized spacial score (nSPS) is 10.4. The molecule has 0 saturated carbocycles. The number of fused-ring (bicyclic) bond motifs is 1. The van der Waals surface area contributed by atoms with Gasteiger partial charge in [0.2, 0.25) is 0 Å². The Hall–Kier alpha value is -1.41. The summed E-state index contributed by atoms with van der Waals surface area (Å²) in [5, 5.41) is 0.714. The highest BCUT2D eigenvalue weighted by molar-refractivity contribution is 6.68. The van der Waals surface area contributed by atoms with Gasteiger partial charge < -0.3 is 0 Å². The molecule has 2 aromatic rings. The monoisotopic (exact) mass is 208 g/mol. The van der Waals surface area contributed by atoms with Crippen molar-refractivity contribution in [3.05, 3.63) is 47.8 Å². The second kappa shape index (κ2) is 3.39. The largest absolute Gasteiger partial charge is 0.276 e. The maximum atomic E-state index is 13.0. The standard InChI is InChI=1S/C11H6ClFO/c12-11(14)10-6-8(13)5-7-3-1-2-4-9(7)10/h1-6H. The lowest BCUT2D eigenvalue weighted by atomic mass is 10.1.